The zero-order chi connectivity index (χ0) is 14.5. The summed E-state index contributed by atoms with van der Waals surface area (Å²) in [6.07, 6.45) is 0. The van der Waals surface area contributed by atoms with Crippen LogP contribution in [0.25, 0.3) is 0 Å². The van der Waals surface area contributed by atoms with E-state index in [-0.39, 0.29) is 18.0 Å². The zero-order valence-corrected chi connectivity index (χ0v) is 11.5. The van der Waals surface area contributed by atoms with E-state index in [0.717, 1.165) is 0 Å². The van der Waals surface area contributed by atoms with Gasteiger partial charge in [0, 0.05) is 11.8 Å². The van der Waals surface area contributed by atoms with Gasteiger partial charge in [-0.1, -0.05) is 0 Å². The van der Waals surface area contributed by atoms with Gasteiger partial charge in [0.05, 0.1) is 19.4 Å². The van der Waals surface area contributed by atoms with E-state index in [1.807, 2.05) is 0 Å². The molecule has 0 aromatic heterocycles. The van der Waals surface area contributed by atoms with Crippen molar-refractivity contribution in [3.05, 3.63) is 18.2 Å². The maximum absolute atomic E-state index is 11.7. The second-order valence-corrected chi connectivity index (χ2v) is 5.35. The van der Waals surface area contributed by atoms with Gasteiger partial charge in [-0.15, -0.1) is 0 Å². The Labute approximate surface area is 111 Å². The highest BCUT2D eigenvalue weighted by Crippen LogP contribution is 2.27. The van der Waals surface area contributed by atoms with E-state index >= 15 is 0 Å². The number of ether oxygens (including phenoxy) is 2. The van der Waals surface area contributed by atoms with Crippen molar-refractivity contribution in [1.29, 1.82) is 0 Å². The summed E-state index contributed by atoms with van der Waals surface area (Å²) in [7, 11) is -2.46. The number of benzene rings is 1. The van der Waals surface area contributed by atoms with E-state index in [0.29, 0.717) is 5.69 Å². The third-order valence-electron chi connectivity index (χ3n) is 2.10. The van der Waals surface area contributed by atoms with Gasteiger partial charge < -0.3 is 15.2 Å². The molecule has 1 rings (SSSR count). The molecule has 3 N–H and O–H groups in total. The normalized spacial score (nSPS) is 10.8. The van der Waals surface area contributed by atoms with Crippen LogP contribution in [-0.2, 0) is 19.6 Å². The minimum atomic E-state index is -3.85. The molecule has 0 aliphatic rings. The molecule has 0 fully saturated rings. The Morgan fingerprint density at radius 2 is 2.11 bits per heavy atom. The topological polar surface area (TPSA) is 108 Å². The molecule has 0 unspecified atom stereocenters. The van der Waals surface area contributed by atoms with Crippen LogP contribution < -0.4 is 15.2 Å². The Hall–Kier alpha value is -1.96. The zero-order valence-electron chi connectivity index (χ0n) is 10.7. The smallest absolute Gasteiger partial charge is 0.323 e. The fourth-order valence-corrected chi connectivity index (χ4v) is 2.32. The van der Waals surface area contributed by atoms with Crippen LogP contribution in [0, 0.1) is 0 Å². The summed E-state index contributed by atoms with van der Waals surface area (Å²) in [5.41, 5.74) is 6.20. The van der Waals surface area contributed by atoms with Gasteiger partial charge in [0.25, 0.3) is 0 Å². The molecule has 0 bridgehead atoms. The van der Waals surface area contributed by atoms with Gasteiger partial charge in [0.15, 0.2) is 5.75 Å². The number of anilines is 2. The van der Waals surface area contributed by atoms with Gasteiger partial charge in [0.1, 0.15) is 5.75 Å². The van der Waals surface area contributed by atoms with Gasteiger partial charge >= 0.3 is 5.97 Å². The summed E-state index contributed by atoms with van der Waals surface area (Å²) in [5, 5.41) is 0. The minimum absolute atomic E-state index is 0.125. The lowest BCUT2D eigenvalue weighted by molar-refractivity contribution is -0.139. The van der Waals surface area contributed by atoms with Crippen LogP contribution in [0.15, 0.2) is 18.2 Å². The first-order valence-electron chi connectivity index (χ1n) is 5.47. The van der Waals surface area contributed by atoms with Crippen LogP contribution in [0.3, 0.4) is 0 Å². The molecule has 0 amide bonds. The SMILES string of the molecule is CCOC(=O)CS(=O)(=O)Nc1ccc(N)cc1OC. The molecule has 0 saturated carbocycles. The maximum Gasteiger partial charge on any atom is 0.323 e. The van der Waals surface area contributed by atoms with Crippen LogP contribution in [0.5, 0.6) is 5.75 Å². The average molecular weight is 288 g/mol. The van der Waals surface area contributed by atoms with Gasteiger partial charge in [-0.05, 0) is 19.1 Å². The lowest BCUT2D eigenvalue weighted by Gasteiger charge is -2.11. The fraction of sp³-hybridized carbons (Fsp3) is 0.364. The molecular weight excluding hydrogens is 272 g/mol. The number of nitrogen functional groups attached to an aromatic ring is 1. The molecule has 106 valence electrons. The van der Waals surface area contributed by atoms with Crippen molar-refractivity contribution in [1.82, 2.24) is 0 Å². The first-order chi connectivity index (χ1) is 8.88. The Morgan fingerprint density at radius 1 is 1.42 bits per heavy atom. The first-order valence-corrected chi connectivity index (χ1v) is 7.13. The summed E-state index contributed by atoms with van der Waals surface area (Å²) >= 11 is 0. The highest BCUT2D eigenvalue weighted by molar-refractivity contribution is 7.93. The Kier molecular flexibility index (Phi) is 4.99. The number of esters is 1. The van der Waals surface area contributed by atoms with E-state index in [9.17, 15) is 13.2 Å². The highest BCUT2D eigenvalue weighted by atomic mass is 32.2. The molecule has 8 heteroatoms. The van der Waals surface area contributed by atoms with Crippen molar-refractivity contribution in [2.75, 3.05) is 29.9 Å². The van der Waals surface area contributed by atoms with Crippen molar-refractivity contribution in [3.63, 3.8) is 0 Å². The molecule has 1 aromatic carbocycles. The molecule has 0 aliphatic heterocycles. The monoisotopic (exact) mass is 288 g/mol. The summed E-state index contributed by atoms with van der Waals surface area (Å²) in [4.78, 5) is 11.2. The fourth-order valence-electron chi connectivity index (χ4n) is 1.35. The predicted octanol–water partition coefficient (Wildman–Crippen LogP) is 0.582. The van der Waals surface area contributed by atoms with E-state index < -0.39 is 21.7 Å². The molecule has 0 aliphatic carbocycles. The number of carbonyl (C=O) groups is 1. The number of nitrogens with two attached hydrogens (primary N) is 1. The molecule has 19 heavy (non-hydrogen) atoms. The van der Waals surface area contributed by atoms with Crippen molar-refractivity contribution in [2.45, 2.75) is 6.92 Å². The molecular formula is C11H16N2O5S. The minimum Gasteiger partial charge on any atom is -0.494 e. The van der Waals surface area contributed by atoms with Crippen molar-refractivity contribution in [3.8, 4) is 5.75 Å². The highest BCUT2D eigenvalue weighted by Gasteiger charge is 2.19. The number of sulfonamides is 1. The summed E-state index contributed by atoms with van der Waals surface area (Å²) in [5.74, 6) is -1.30. The van der Waals surface area contributed by atoms with Crippen LogP contribution >= 0.6 is 0 Å². The molecule has 1 aromatic rings. The molecule has 0 spiro atoms. The Morgan fingerprint density at radius 3 is 2.68 bits per heavy atom. The largest absolute Gasteiger partial charge is 0.494 e. The molecule has 0 radical (unpaired) electrons. The van der Waals surface area contributed by atoms with Crippen molar-refractivity contribution < 1.29 is 22.7 Å². The van der Waals surface area contributed by atoms with Crippen LogP contribution in [0.4, 0.5) is 11.4 Å². The molecule has 0 saturated heterocycles. The molecule has 0 heterocycles. The van der Waals surface area contributed by atoms with Gasteiger partial charge in [-0.2, -0.15) is 0 Å². The van der Waals surface area contributed by atoms with Gasteiger partial charge in [-0.25, -0.2) is 8.42 Å². The molecule has 7 nitrogen and oxygen atoms in total. The van der Waals surface area contributed by atoms with Gasteiger partial charge in [0.2, 0.25) is 10.0 Å². The maximum atomic E-state index is 11.7. The number of hydrogen-bond donors (Lipinski definition) is 2. The third kappa shape index (κ3) is 4.66. The standard InChI is InChI=1S/C11H16N2O5S/c1-3-18-11(14)7-19(15,16)13-9-5-4-8(12)6-10(9)17-2/h4-6,13H,3,7,12H2,1-2H3. The number of rotatable bonds is 6. The second-order valence-electron chi connectivity index (χ2n) is 3.63. The number of methoxy groups -OCH3 is 1. The quantitative estimate of drug-likeness (QED) is 0.585. The lowest BCUT2D eigenvalue weighted by atomic mass is 10.2. The van der Waals surface area contributed by atoms with Crippen molar-refractivity contribution >= 4 is 27.4 Å². The number of hydrogen-bond acceptors (Lipinski definition) is 6. The van der Waals surface area contributed by atoms with E-state index in [1.54, 1.807) is 6.92 Å². The third-order valence-corrected chi connectivity index (χ3v) is 3.25. The van der Waals surface area contributed by atoms with E-state index in [1.165, 1.54) is 25.3 Å². The van der Waals surface area contributed by atoms with Crippen LogP contribution in [-0.4, -0.2) is 33.9 Å². The van der Waals surface area contributed by atoms with Crippen LogP contribution in [0.2, 0.25) is 0 Å². The molecule has 0 atom stereocenters. The van der Waals surface area contributed by atoms with E-state index in [4.69, 9.17) is 10.5 Å². The summed E-state index contributed by atoms with van der Waals surface area (Å²) in [6, 6.07) is 4.45. The van der Waals surface area contributed by atoms with Gasteiger partial charge in [-0.3, -0.25) is 9.52 Å². The Bertz CT molecular complexity index is 556. The number of carbonyl (C=O) groups excluding carboxylic acids is 1. The first kappa shape index (κ1) is 15.1. The summed E-state index contributed by atoms with van der Waals surface area (Å²) < 4.78 is 35.3. The average Bonchev–Trinajstić information content (AvgIpc) is 2.30. The van der Waals surface area contributed by atoms with E-state index in [2.05, 4.69) is 9.46 Å². The second kappa shape index (κ2) is 6.28. The van der Waals surface area contributed by atoms with Crippen molar-refractivity contribution in [2.24, 2.45) is 0 Å². The summed E-state index contributed by atoms with van der Waals surface area (Å²) in [6.45, 7) is 1.72. The lowest BCUT2D eigenvalue weighted by Crippen LogP contribution is -2.24. The predicted molar refractivity (Wildman–Crippen MR) is 71.4 cm³/mol. The number of nitrogens with one attached hydrogen (secondary N) is 1. The Balaban J connectivity index is 2.86. The van der Waals surface area contributed by atoms with Crippen LogP contribution in [0.1, 0.15) is 6.92 Å².